The number of aromatic hydroxyl groups is 3. The van der Waals surface area contributed by atoms with Crippen LogP contribution in [0, 0.1) is 36.5 Å². The molecule has 14 heteroatoms. The van der Waals surface area contributed by atoms with Crippen LogP contribution in [0.3, 0.4) is 0 Å². The van der Waals surface area contributed by atoms with Gasteiger partial charge < -0.3 is 54.9 Å². The van der Waals surface area contributed by atoms with Gasteiger partial charge >= 0.3 is 5.79 Å². The molecule has 1 saturated carbocycles. The number of rotatable bonds is 1. The zero-order chi connectivity index (χ0) is 36.1. The third-order valence-corrected chi connectivity index (χ3v) is 11.0. The van der Waals surface area contributed by atoms with Crippen LogP contribution in [0.1, 0.15) is 63.4 Å². The van der Waals surface area contributed by atoms with Crippen LogP contribution >= 0.6 is 0 Å². The van der Waals surface area contributed by atoms with Gasteiger partial charge in [0.05, 0.1) is 48.0 Å². The van der Waals surface area contributed by atoms with Crippen LogP contribution in [0.4, 0.5) is 5.69 Å². The maximum Gasteiger partial charge on any atom is 0.312 e. The smallest absolute Gasteiger partial charge is 0.312 e. The summed E-state index contributed by atoms with van der Waals surface area (Å²) >= 11 is 0. The van der Waals surface area contributed by atoms with E-state index in [1.54, 1.807) is 20.8 Å². The largest absolute Gasteiger partial charge is 0.507 e. The van der Waals surface area contributed by atoms with Crippen molar-refractivity contribution in [3.8, 4) is 28.7 Å². The molecule has 7 N–H and O–H groups in total. The number of ether oxygens (including phenoxy) is 4. The van der Waals surface area contributed by atoms with E-state index in [2.05, 4.69) is 5.32 Å². The summed E-state index contributed by atoms with van der Waals surface area (Å²) in [5, 5.41) is 69.4. The van der Waals surface area contributed by atoms with Crippen LogP contribution in [-0.4, -0.2) is 91.0 Å². The molecule has 1 fully saturated rings. The number of carbonyl (C=O) groups is 3. The van der Waals surface area contributed by atoms with E-state index in [-0.39, 0.29) is 39.1 Å². The number of ketones is 2. The number of phenols is 3. The van der Waals surface area contributed by atoms with E-state index in [1.165, 1.54) is 40.2 Å². The molecule has 0 radical (unpaired) electrons. The second-order valence-electron chi connectivity index (χ2n) is 14.3. The molecule has 3 aliphatic heterocycles. The molecular weight excluding hydrogens is 642 g/mol. The van der Waals surface area contributed by atoms with Crippen molar-refractivity contribution in [2.45, 2.75) is 90.2 Å². The van der Waals surface area contributed by atoms with E-state index in [0.29, 0.717) is 6.42 Å². The monoisotopic (exact) mass is 685 g/mol. The van der Waals surface area contributed by atoms with Gasteiger partial charge in [0.2, 0.25) is 0 Å². The number of carbonyl (C=O) groups excluding carboxylic acids is 3. The molecular formula is C35H43NO13. The fraction of sp³-hybridized carbons (Fsp3) is 0.571. The average Bonchev–Trinajstić information content (AvgIpc) is 3.82. The van der Waals surface area contributed by atoms with Crippen molar-refractivity contribution in [3.05, 3.63) is 23.5 Å². The standard InChI is InChI=1S/C35H43NO13/c1-12-19(46-7)8-9-47-35(6)32(44)22-20-21(27(41)15(4)30(22)49-35)31-23(29(43)28(20)42)36-33(45)34(5,48-31)11-18(37)16-10-17(16)26(40)14(3)25(39)13(2)24(12)38/h8-9,12-14,16-17,19,24-26,38-43H,10-11H2,1-7H3,(H,36,45)/t12-,13+,14+,16-,17+,19+,24-,25+,26-,34+,35+/m1/s1. The third kappa shape index (κ3) is 5.18. The second-order valence-corrected chi connectivity index (χ2v) is 14.3. The molecule has 49 heavy (non-hydrogen) atoms. The lowest BCUT2D eigenvalue weighted by atomic mass is 9.79. The highest BCUT2D eigenvalue weighted by molar-refractivity contribution is 6.23. The predicted molar refractivity (Wildman–Crippen MR) is 172 cm³/mol. The minimum absolute atomic E-state index is 0.0686. The van der Waals surface area contributed by atoms with E-state index in [0.717, 1.165) is 0 Å². The van der Waals surface area contributed by atoms with Gasteiger partial charge in [-0.05, 0) is 32.3 Å². The van der Waals surface area contributed by atoms with Gasteiger partial charge in [0.1, 0.15) is 23.0 Å². The molecule has 6 bridgehead atoms. The fourth-order valence-corrected chi connectivity index (χ4v) is 7.60. The Hall–Kier alpha value is -4.11. The predicted octanol–water partition coefficient (Wildman–Crippen LogP) is 2.79. The summed E-state index contributed by atoms with van der Waals surface area (Å²) in [7, 11) is 1.42. The lowest BCUT2D eigenvalue weighted by molar-refractivity contribution is -0.137. The van der Waals surface area contributed by atoms with Crippen LogP contribution < -0.4 is 14.8 Å². The van der Waals surface area contributed by atoms with Crippen molar-refractivity contribution < 1.29 is 64.0 Å². The molecule has 0 unspecified atom stereocenters. The Morgan fingerprint density at radius 3 is 2.14 bits per heavy atom. The van der Waals surface area contributed by atoms with E-state index >= 15 is 0 Å². The Balaban J connectivity index is 1.50. The molecule has 266 valence electrons. The van der Waals surface area contributed by atoms with E-state index < -0.39 is 107 Å². The molecule has 0 aromatic heterocycles. The quantitative estimate of drug-likeness (QED) is 0.215. The van der Waals surface area contributed by atoms with Gasteiger partial charge in [-0.1, -0.05) is 20.8 Å². The molecule has 6 rings (SSSR count). The van der Waals surface area contributed by atoms with Gasteiger partial charge in [0.25, 0.3) is 11.7 Å². The number of Topliss-reactive ketones (excluding diaryl/α,β-unsaturated/α-hetero) is 2. The minimum Gasteiger partial charge on any atom is -0.507 e. The zero-order valence-electron chi connectivity index (χ0n) is 28.3. The highest BCUT2D eigenvalue weighted by Gasteiger charge is 2.55. The molecule has 1 aliphatic carbocycles. The molecule has 11 atom stereocenters. The Labute approximate surface area is 282 Å². The van der Waals surface area contributed by atoms with Crippen LogP contribution in [0.5, 0.6) is 28.7 Å². The number of nitrogens with one attached hydrogen (secondary N) is 1. The molecule has 0 saturated heterocycles. The first kappa shape index (κ1) is 34.7. The van der Waals surface area contributed by atoms with Gasteiger partial charge in [0.15, 0.2) is 22.8 Å². The summed E-state index contributed by atoms with van der Waals surface area (Å²) < 4.78 is 23.5. The van der Waals surface area contributed by atoms with Crippen molar-refractivity contribution in [1.29, 1.82) is 0 Å². The van der Waals surface area contributed by atoms with Crippen molar-refractivity contribution in [2.24, 2.45) is 29.6 Å². The Morgan fingerprint density at radius 2 is 1.49 bits per heavy atom. The first-order valence-corrected chi connectivity index (χ1v) is 16.3. The van der Waals surface area contributed by atoms with Crippen LogP contribution in [-0.2, 0) is 19.1 Å². The summed E-state index contributed by atoms with van der Waals surface area (Å²) in [6, 6.07) is 0. The zero-order valence-corrected chi connectivity index (χ0v) is 28.3. The van der Waals surface area contributed by atoms with E-state index in [9.17, 15) is 45.0 Å². The maximum absolute atomic E-state index is 14.0. The maximum atomic E-state index is 14.0. The van der Waals surface area contributed by atoms with Gasteiger partial charge in [-0.25, -0.2) is 0 Å². The van der Waals surface area contributed by atoms with Crippen molar-refractivity contribution in [3.63, 3.8) is 0 Å². The topological polar surface area (TPSA) is 222 Å². The molecule has 0 spiro atoms. The number of hydrogen-bond acceptors (Lipinski definition) is 13. The second kappa shape index (κ2) is 11.8. The molecule has 4 aliphatic rings. The summed E-state index contributed by atoms with van der Waals surface area (Å²) in [4.78, 5) is 41.0. The van der Waals surface area contributed by atoms with Crippen LogP contribution in [0.2, 0.25) is 0 Å². The highest BCUT2D eigenvalue weighted by Crippen LogP contribution is 2.59. The van der Waals surface area contributed by atoms with Crippen molar-refractivity contribution in [2.75, 3.05) is 12.4 Å². The number of anilines is 1. The van der Waals surface area contributed by atoms with Crippen molar-refractivity contribution >= 4 is 33.9 Å². The minimum atomic E-state index is -2.02. The Kier molecular flexibility index (Phi) is 8.33. The summed E-state index contributed by atoms with van der Waals surface area (Å²) in [5.74, 6) is -9.78. The molecule has 1 amide bonds. The summed E-state index contributed by atoms with van der Waals surface area (Å²) in [5.41, 5.74) is -2.39. The normalized spacial score (nSPS) is 37.6. The van der Waals surface area contributed by atoms with E-state index in [4.69, 9.17) is 18.9 Å². The average molecular weight is 686 g/mol. The fourth-order valence-electron chi connectivity index (χ4n) is 7.60. The number of aliphatic hydroxyl groups excluding tert-OH is 3. The van der Waals surface area contributed by atoms with Gasteiger partial charge in [-0.3, -0.25) is 14.4 Å². The number of benzene rings is 2. The summed E-state index contributed by atoms with van der Waals surface area (Å²) in [6.45, 7) is 9.13. The third-order valence-electron chi connectivity index (χ3n) is 11.0. The Morgan fingerprint density at radius 1 is 0.857 bits per heavy atom. The number of hydrogen-bond donors (Lipinski definition) is 7. The van der Waals surface area contributed by atoms with Crippen LogP contribution in [0.25, 0.3) is 10.8 Å². The SMILES string of the molecule is CO[C@H]1C=CO[C@@]2(C)Oc3c(C)c(O)c4c5c(c(O)c(O)c4c3C2=O)NC(=O)[C@](C)(CC(=O)[C@@H]2C[C@@H]2[C@H](O)[C@@H](C)[C@@H](O)[C@@H](C)[C@H](O)[C@@H]1C)O5. The molecule has 2 aromatic rings. The van der Waals surface area contributed by atoms with Gasteiger partial charge in [-0.2, -0.15) is 0 Å². The number of amides is 1. The Bertz CT molecular complexity index is 1790. The summed E-state index contributed by atoms with van der Waals surface area (Å²) in [6.07, 6.45) is -1.66. The van der Waals surface area contributed by atoms with Crippen molar-refractivity contribution in [1.82, 2.24) is 0 Å². The molecule has 3 heterocycles. The first-order chi connectivity index (χ1) is 22.9. The van der Waals surface area contributed by atoms with Crippen LogP contribution in [0.15, 0.2) is 12.3 Å². The highest BCUT2D eigenvalue weighted by atomic mass is 16.7. The van der Waals surface area contributed by atoms with Gasteiger partial charge in [-0.15, -0.1) is 0 Å². The lowest BCUT2D eigenvalue weighted by Gasteiger charge is -2.36. The number of methoxy groups -OCH3 is 1. The molecule has 14 nitrogen and oxygen atoms in total. The lowest BCUT2D eigenvalue weighted by Crippen LogP contribution is -2.50. The first-order valence-electron chi connectivity index (χ1n) is 16.3. The number of aliphatic hydroxyl groups is 3. The van der Waals surface area contributed by atoms with E-state index in [1.807, 2.05) is 0 Å². The molecule has 2 aromatic carbocycles. The van der Waals surface area contributed by atoms with Gasteiger partial charge in [0, 0.05) is 48.7 Å². The number of phenolic OH excluding ortho intramolecular Hbond substituents is 3. The number of fused-ring (bicyclic) bond motifs is 3.